The number of aliphatic hydroxyl groups is 1. The maximum Gasteiger partial charge on any atom is 0.127 e. The molecule has 0 aromatic carbocycles. The summed E-state index contributed by atoms with van der Waals surface area (Å²) in [5.74, 6) is 5.31. The van der Waals surface area contributed by atoms with Crippen molar-refractivity contribution in [2.24, 2.45) is 0 Å². The van der Waals surface area contributed by atoms with Gasteiger partial charge in [0.2, 0.25) is 0 Å². The van der Waals surface area contributed by atoms with E-state index in [4.69, 9.17) is 4.74 Å². The average molecular weight is 185 g/mol. The van der Waals surface area contributed by atoms with Gasteiger partial charge in [-0.3, -0.25) is 0 Å². The largest absolute Gasteiger partial charge is 0.380 e. The summed E-state index contributed by atoms with van der Waals surface area (Å²) in [7, 11) is 0. The van der Waals surface area contributed by atoms with Crippen LogP contribution in [0.1, 0.15) is 20.3 Å². The van der Waals surface area contributed by atoms with Crippen molar-refractivity contribution in [2.45, 2.75) is 26.4 Å². The molecule has 0 saturated carbocycles. The number of hydrogen-bond donors (Lipinski definition) is 2. The minimum atomic E-state index is -0.559. The first-order chi connectivity index (χ1) is 6.31. The first kappa shape index (κ1) is 12.4. The van der Waals surface area contributed by atoms with Gasteiger partial charge in [-0.25, -0.2) is 0 Å². The molecular weight excluding hydrogens is 166 g/mol. The highest BCUT2D eigenvalue weighted by Gasteiger charge is 1.96. The van der Waals surface area contributed by atoms with E-state index in [9.17, 15) is 5.11 Å². The maximum absolute atomic E-state index is 9.17. The standard InChI is InChI=1S/C10H19NO2/c1-3-5-10(12)9-11-6-8-13-7-4-2/h10-12H,4,6-9H2,1-2H3. The lowest BCUT2D eigenvalue weighted by Crippen LogP contribution is -2.28. The third-order valence-electron chi connectivity index (χ3n) is 1.42. The van der Waals surface area contributed by atoms with Gasteiger partial charge in [-0.05, 0) is 13.3 Å². The third-order valence-corrected chi connectivity index (χ3v) is 1.42. The van der Waals surface area contributed by atoms with E-state index in [1.165, 1.54) is 0 Å². The Kier molecular flexibility index (Phi) is 9.12. The summed E-state index contributed by atoms with van der Waals surface area (Å²) < 4.78 is 5.24. The van der Waals surface area contributed by atoms with Crippen LogP contribution in [-0.2, 0) is 4.74 Å². The maximum atomic E-state index is 9.17. The Hall–Kier alpha value is -0.560. The summed E-state index contributed by atoms with van der Waals surface area (Å²) in [6.45, 7) is 6.57. The van der Waals surface area contributed by atoms with Crippen LogP contribution in [0.3, 0.4) is 0 Å². The lowest BCUT2D eigenvalue weighted by Gasteiger charge is -2.06. The predicted octanol–water partition coefficient (Wildman–Crippen LogP) is 0.387. The molecule has 1 unspecified atom stereocenters. The third kappa shape index (κ3) is 9.35. The number of nitrogens with one attached hydrogen (secondary N) is 1. The number of hydrogen-bond acceptors (Lipinski definition) is 3. The van der Waals surface area contributed by atoms with Crippen molar-refractivity contribution in [1.82, 2.24) is 5.32 Å². The van der Waals surface area contributed by atoms with Gasteiger partial charge in [-0.2, -0.15) is 0 Å². The van der Waals surface area contributed by atoms with Crippen LogP contribution >= 0.6 is 0 Å². The van der Waals surface area contributed by atoms with Crippen molar-refractivity contribution >= 4 is 0 Å². The Bertz CT molecular complexity index is 160. The van der Waals surface area contributed by atoms with Crippen LogP contribution < -0.4 is 5.32 Å². The molecule has 0 aromatic rings. The molecule has 0 radical (unpaired) electrons. The molecule has 0 amide bonds. The van der Waals surface area contributed by atoms with Crippen LogP contribution in [0.5, 0.6) is 0 Å². The van der Waals surface area contributed by atoms with Gasteiger partial charge in [0.1, 0.15) is 6.10 Å². The van der Waals surface area contributed by atoms with Crippen LogP contribution in [0, 0.1) is 11.8 Å². The molecule has 1 atom stereocenters. The molecule has 0 saturated heterocycles. The monoisotopic (exact) mass is 185 g/mol. The molecule has 76 valence electrons. The second-order valence-corrected chi connectivity index (χ2v) is 2.73. The molecule has 0 fully saturated rings. The summed E-state index contributed by atoms with van der Waals surface area (Å²) in [6, 6.07) is 0. The fraction of sp³-hybridized carbons (Fsp3) is 0.800. The van der Waals surface area contributed by atoms with Crippen molar-refractivity contribution in [2.75, 3.05) is 26.3 Å². The van der Waals surface area contributed by atoms with E-state index in [1.54, 1.807) is 6.92 Å². The molecular formula is C10H19NO2. The normalized spacial score (nSPS) is 11.9. The second-order valence-electron chi connectivity index (χ2n) is 2.73. The van der Waals surface area contributed by atoms with Crippen molar-refractivity contribution in [3.63, 3.8) is 0 Å². The van der Waals surface area contributed by atoms with Gasteiger partial charge < -0.3 is 15.2 Å². The lowest BCUT2D eigenvalue weighted by atomic mass is 10.3. The summed E-state index contributed by atoms with van der Waals surface area (Å²) in [5.41, 5.74) is 0. The Labute approximate surface area is 80.5 Å². The van der Waals surface area contributed by atoms with Crippen molar-refractivity contribution < 1.29 is 9.84 Å². The van der Waals surface area contributed by atoms with Gasteiger partial charge in [0.15, 0.2) is 0 Å². The van der Waals surface area contributed by atoms with Gasteiger partial charge >= 0.3 is 0 Å². The average Bonchev–Trinajstić information content (AvgIpc) is 2.11. The van der Waals surface area contributed by atoms with Gasteiger partial charge in [-0.1, -0.05) is 12.8 Å². The molecule has 0 aromatic heterocycles. The quantitative estimate of drug-likeness (QED) is 0.445. The van der Waals surface area contributed by atoms with E-state index in [0.29, 0.717) is 13.2 Å². The molecule has 0 rings (SSSR count). The Balaban J connectivity index is 3.10. The summed E-state index contributed by atoms with van der Waals surface area (Å²) in [4.78, 5) is 0. The van der Waals surface area contributed by atoms with E-state index in [-0.39, 0.29) is 0 Å². The lowest BCUT2D eigenvalue weighted by molar-refractivity contribution is 0.133. The Morgan fingerprint density at radius 2 is 2.23 bits per heavy atom. The van der Waals surface area contributed by atoms with E-state index < -0.39 is 6.10 Å². The highest BCUT2D eigenvalue weighted by molar-refractivity contribution is 5.02. The smallest absolute Gasteiger partial charge is 0.127 e. The summed E-state index contributed by atoms with van der Waals surface area (Å²) in [6.07, 6.45) is 0.486. The van der Waals surface area contributed by atoms with Crippen molar-refractivity contribution in [3.8, 4) is 11.8 Å². The number of aliphatic hydroxyl groups excluding tert-OH is 1. The van der Waals surface area contributed by atoms with Crippen LogP contribution in [0.25, 0.3) is 0 Å². The van der Waals surface area contributed by atoms with Crippen LogP contribution in [0.4, 0.5) is 0 Å². The van der Waals surface area contributed by atoms with Gasteiger partial charge in [0, 0.05) is 19.7 Å². The van der Waals surface area contributed by atoms with Gasteiger partial charge in [-0.15, -0.1) is 5.92 Å². The molecule has 0 spiro atoms. The SMILES string of the molecule is CC#CC(O)CNCCOCCC. The van der Waals surface area contributed by atoms with Crippen molar-refractivity contribution in [1.29, 1.82) is 0 Å². The van der Waals surface area contributed by atoms with Gasteiger partial charge in [0.05, 0.1) is 6.61 Å². The van der Waals surface area contributed by atoms with Crippen molar-refractivity contribution in [3.05, 3.63) is 0 Å². The fourth-order valence-corrected chi connectivity index (χ4v) is 0.847. The van der Waals surface area contributed by atoms with E-state index in [0.717, 1.165) is 19.6 Å². The predicted molar refractivity (Wildman–Crippen MR) is 53.4 cm³/mol. The summed E-state index contributed by atoms with van der Waals surface area (Å²) >= 11 is 0. The molecule has 0 aliphatic heterocycles. The fourth-order valence-electron chi connectivity index (χ4n) is 0.847. The topological polar surface area (TPSA) is 41.5 Å². The minimum Gasteiger partial charge on any atom is -0.380 e. The Morgan fingerprint density at radius 1 is 1.46 bits per heavy atom. The first-order valence-corrected chi connectivity index (χ1v) is 4.70. The molecule has 0 heterocycles. The zero-order valence-electron chi connectivity index (χ0n) is 8.47. The van der Waals surface area contributed by atoms with Crippen LogP contribution in [-0.4, -0.2) is 37.5 Å². The van der Waals surface area contributed by atoms with Gasteiger partial charge in [0.25, 0.3) is 0 Å². The highest BCUT2D eigenvalue weighted by Crippen LogP contribution is 1.79. The molecule has 3 nitrogen and oxygen atoms in total. The zero-order valence-corrected chi connectivity index (χ0v) is 8.47. The number of rotatable bonds is 7. The molecule has 0 aliphatic carbocycles. The first-order valence-electron chi connectivity index (χ1n) is 4.70. The number of ether oxygens (including phenoxy) is 1. The molecule has 0 bridgehead atoms. The van der Waals surface area contributed by atoms with Crippen LogP contribution in [0.2, 0.25) is 0 Å². The summed E-state index contributed by atoms with van der Waals surface area (Å²) in [5, 5.41) is 12.2. The minimum absolute atomic E-state index is 0.510. The molecule has 0 aliphatic rings. The molecule has 2 N–H and O–H groups in total. The molecule has 13 heavy (non-hydrogen) atoms. The second kappa shape index (κ2) is 9.53. The van der Waals surface area contributed by atoms with E-state index >= 15 is 0 Å². The van der Waals surface area contributed by atoms with E-state index in [2.05, 4.69) is 24.1 Å². The Morgan fingerprint density at radius 3 is 2.85 bits per heavy atom. The van der Waals surface area contributed by atoms with Crippen LogP contribution in [0.15, 0.2) is 0 Å². The van der Waals surface area contributed by atoms with E-state index in [1.807, 2.05) is 0 Å². The highest BCUT2D eigenvalue weighted by atomic mass is 16.5. The zero-order chi connectivity index (χ0) is 9.94. The molecule has 3 heteroatoms.